The van der Waals surface area contributed by atoms with Crippen LogP contribution in [0.4, 0.5) is 0 Å². The molecule has 0 saturated carbocycles. The highest BCUT2D eigenvalue weighted by Gasteiger charge is 2.52. The lowest BCUT2D eigenvalue weighted by molar-refractivity contribution is -0.166. The predicted molar refractivity (Wildman–Crippen MR) is 119 cm³/mol. The van der Waals surface area contributed by atoms with Gasteiger partial charge in [-0.15, -0.1) is 0 Å². The minimum Gasteiger partial charge on any atom is -0.460 e. The Morgan fingerprint density at radius 1 is 1.30 bits per heavy atom. The molecular weight excluding hydrogens is 398 g/mol. The van der Waals surface area contributed by atoms with Crippen molar-refractivity contribution in [3.63, 3.8) is 0 Å². The van der Waals surface area contributed by atoms with E-state index >= 15 is 0 Å². The number of pyridine rings is 1. The molecule has 0 radical (unpaired) electrons. The molecule has 1 fully saturated rings. The minimum absolute atomic E-state index is 0.143. The Kier molecular flexibility index (Phi) is 7.64. The normalized spacial score (nSPS) is 22.3. The molecule has 1 aromatic heterocycles. The molecule has 0 amide bonds. The van der Waals surface area contributed by atoms with Crippen LogP contribution in [0.25, 0.3) is 0 Å². The summed E-state index contributed by atoms with van der Waals surface area (Å²) in [5, 5.41) is 3.26. The Labute approximate surface area is 183 Å². The molecule has 3 rings (SSSR count). The van der Waals surface area contributed by atoms with E-state index in [0.29, 0.717) is 25.9 Å². The van der Waals surface area contributed by atoms with Crippen molar-refractivity contribution in [1.82, 2.24) is 10.3 Å². The van der Waals surface area contributed by atoms with Crippen LogP contribution in [0.2, 0.25) is 0 Å². The zero-order valence-electron chi connectivity index (χ0n) is 17.2. The molecule has 30 heavy (non-hydrogen) atoms. The van der Waals surface area contributed by atoms with Gasteiger partial charge in [0.1, 0.15) is 6.61 Å². The van der Waals surface area contributed by atoms with E-state index in [2.05, 4.69) is 22.9 Å². The average Bonchev–Trinajstić information content (AvgIpc) is 2.79. The third kappa shape index (κ3) is 4.91. The summed E-state index contributed by atoms with van der Waals surface area (Å²) in [5.41, 5.74) is 8.05. The summed E-state index contributed by atoms with van der Waals surface area (Å²) in [6.45, 7) is 3.19. The molecule has 3 atom stereocenters. The van der Waals surface area contributed by atoms with E-state index in [1.807, 2.05) is 43.3 Å². The number of benzene rings is 1. The lowest BCUT2D eigenvalue weighted by Gasteiger charge is -2.42. The summed E-state index contributed by atoms with van der Waals surface area (Å²) in [5.74, 6) is -0.833. The van der Waals surface area contributed by atoms with Crippen LogP contribution >= 0.6 is 12.6 Å². The third-order valence-electron chi connectivity index (χ3n) is 5.96. The first-order valence-electron chi connectivity index (χ1n) is 10.2. The molecule has 1 aromatic carbocycles. The molecule has 0 spiro atoms. The standard InChI is InChI=1S/C23H29N3O3S/c1-16-4-2-3-5-18(16)12-23(22(28)29-14-17-6-9-25-10-7-17)8-11-26-13-19(23)21(27)20(24)15-30/h2-7,9-10,19-20,26,30H,8,11-15,24H2,1H3/t19?,20-,23?/m0/s1. The van der Waals surface area contributed by atoms with Crippen molar-refractivity contribution < 1.29 is 14.3 Å². The number of esters is 1. The van der Waals surface area contributed by atoms with Crippen molar-refractivity contribution in [2.45, 2.75) is 32.4 Å². The summed E-state index contributed by atoms with van der Waals surface area (Å²) in [6.07, 6.45) is 4.27. The molecule has 3 N–H and O–H groups in total. The number of aromatic nitrogens is 1. The summed E-state index contributed by atoms with van der Waals surface area (Å²) < 4.78 is 5.77. The first-order valence-corrected chi connectivity index (χ1v) is 10.8. The van der Waals surface area contributed by atoms with E-state index in [9.17, 15) is 9.59 Å². The van der Waals surface area contributed by atoms with Crippen molar-refractivity contribution in [1.29, 1.82) is 0 Å². The number of aryl methyl sites for hydroxylation is 1. The third-order valence-corrected chi connectivity index (χ3v) is 6.36. The average molecular weight is 428 g/mol. The quantitative estimate of drug-likeness (QED) is 0.441. The van der Waals surface area contributed by atoms with Gasteiger partial charge >= 0.3 is 5.97 Å². The fourth-order valence-corrected chi connectivity index (χ4v) is 4.28. The van der Waals surface area contributed by atoms with E-state index in [0.717, 1.165) is 16.7 Å². The second-order valence-corrected chi connectivity index (χ2v) is 8.25. The molecule has 0 bridgehead atoms. The van der Waals surface area contributed by atoms with Crippen LogP contribution in [0.1, 0.15) is 23.1 Å². The van der Waals surface area contributed by atoms with Gasteiger partial charge in [0.15, 0.2) is 5.78 Å². The highest BCUT2D eigenvalue weighted by molar-refractivity contribution is 7.80. The molecule has 160 valence electrons. The maximum Gasteiger partial charge on any atom is 0.313 e. The Morgan fingerprint density at radius 3 is 2.73 bits per heavy atom. The Morgan fingerprint density at radius 2 is 2.03 bits per heavy atom. The number of rotatable bonds is 8. The van der Waals surface area contributed by atoms with Gasteiger partial charge in [0.05, 0.1) is 11.5 Å². The number of nitrogens with one attached hydrogen (secondary N) is 1. The van der Waals surface area contributed by atoms with Crippen LogP contribution in [0.5, 0.6) is 0 Å². The van der Waals surface area contributed by atoms with Gasteiger partial charge in [0, 0.05) is 30.6 Å². The first-order chi connectivity index (χ1) is 14.5. The molecule has 6 nitrogen and oxygen atoms in total. The fourth-order valence-electron chi connectivity index (χ4n) is 4.10. The van der Waals surface area contributed by atoms with Crippen LogP contribution in [0.3, 0.4) is 0 Å². The first kappa shape index (κ1) is 22.5. The highest BCUT2D eigenvalue weighted by Crippen LogP contribution is 2.41. The smallest absolute Gasteiger partial charge is 0.313 e. The van der Waals surface area contributed by atoms with E-state index < -0.39 is 17.4 Å². The van der Waals surface area contributed by atoms with Gasteiger partial charge < -0.3 is 15.8 Å². The lowest BCUT2D eigenvalue weighted by Crippen LogP contribution is -2.57. The number of nitrogens with two attached hydrogens (primary N) is 1. The van der Waals surface area contributed by atoms with Gasteiger partial charge in [-0.05, 0) is 55.1 Å². The van der Waals surface area contributed by atoms with Crippen molar-refractivity contribution in [3.8, 4) is 0 Å². The Bertz CT molecular complexity index is 877. The largest absolute Gasteiger partial charge is 0.460 e. The van der Waals surface area contributed by atoms with Gasteiger partial charge in [-0.25, -0.2) is 0 Å². The Balaban J connectivity index is 1.94. The molecule has 2 heterocycles. The monoisotopic (exact) mass is 427 g/mol. The van der Waals surface area contributed by atoms with Gasteiger partial charge in [0.2, 0.25) is 0 Å². The number of nitrogens with zero attached hydrogens (tertiary/aromatic N) is 1. The van der Waals surface area contributed by atoms with Crippen molar-refractivity contribution in [2.75, 3.05) is 18.8 Å². The zero-order chi connectivity index (χ0) is 21.6. The lowest BCUT2D eigenvalue weighted by atomic mass is 9.64. The van der Waals surface area contributed by atoms with Crippen molar-refractivity contribution >= 4 is 24.4 Å². The van der Waals surface area contributed by atoms with Gasteiger partial charge in [-0.1, -0.05) is 24.3 Å². The van der Waals surface area contributed by atoms with E-state index in [1.54, 1.807) is 12.4 Å². The maximum absolute atomic E-state index is 13.6. The van der Waals surface area contributed by atoms with Crippen LogP contribution in [-0.4, -0.2) is 41.6 Å². The number of hydrogen-bond donors (Lipinski definition) is 3. The Hall–Kier alpha value is -2.22. The molecule has 1 saturated heterocycles. The molecule has 2 aromatic rings. The topological polar surface area (TPSA) is 94.3 Å². The minimum atomic E-state index is -0.970. The number of piperidine rings is 1. The van der Waals surface area contributed by atoms with E-state index in [-0.39, 0.29) is 24.1 Å². The van der Waals surface area contributed by atoms with Gasteiger partial charge in [-0.3, -0.25) is 14.6 Å². The number of ether oxygens (including phenoxy) is 1. The summed E-state index contributed by atoms with van der Waals surface area (Å²) in [4.78, 5) is 30.7. The van der Waals surface area contributed by atoms with Crippen LogP contribution in [-0.2, 0) is 27.4 Å². The molecule has 0 aliphatic carbocycles. The fraction of sp³-hybridized carbons (Fsp3) is 0.435. The molecule has 2 unspecified atom stereocenters. The van der Waals surface area contributed by atoms with Crippen molar-refractivity contribution in [2.24, 2.45) is 17.1 Å². The number of carbonyl (C=O) groups excluding carboxylic acids is 2. The predicted octanol–water partition coefficient (Wildman–Crippen LogP) is 2.10. The molecular formula is C23H29N3O3S. The van der Waals surface area contributed by atoms with Crippen LogP contribution in [0.15, 0.2) is 48.8 Å². The molecule has 7 heteroatoms. The second-order valence-electron chi connectivity index (χ2n) is 7.89. The zero-order valence-corrected chi connectivity index (χ0v) is 18.1. The number of carbonyl (C=O) groups is 2. The van der Waals surface area contributed by atoms with Crippen LogP contribution < -0.4 is 11.1 Å². The summed E-state index contributed by atoms with van der Waals surface area (Å²) in [6, 6.07) is 10.8. The number of hydrogen-bond acceptors (Lipinski definition) is 7. The summed E-state index contributed by atoms with van der Waals surface area (Å²) >= 11 is 4.20. The van der Waals surface area contributed by atoms with Crippen LogP contribution in [0, 0.1) is 18.3 Å². The number of ketones is 1. The highest BCUT2D eigenvalue weighted by atomic mass is 32.1. The van der Waals surface area contributed by atoms with Gasteiger partial charge in [0.25, 0.3) is 0 Å². The van der Waals surface area contributed by atoms with E-state index in [4.69, 9.17) is 10.5 Å². The second kappa shape index (κ2) is 10.2. The SMILES string of the molecule is Cc1ccccc1CC1(C(=O)OCc2ccncc2)CCNCC1C(=O)[C@@H](N)CS. The van der Waals surface area contributed by atoms with Gasteiger partial charge in [-0.2, -0.15) is 12.6 Å². The molecule has 1 aliphatic heterocycles. The van der Waals surface area contributed by atoms with Crippen molar-refractivity contribution in [3.05, 3.63) is 65.5 Å². The molecule has 1 aliphatic rings. The maximum atomic E-state index is 13.6. The number of thiol groups is 1. The summed E-state index contributed by atoms with van der Waals surface area (Å²) in [7, 11) is 0. The number of Topliss-reactive ketones (excluding diaryl/α,β-unsaturated/α-hetero) is 1. The van der Waals surface area contributed by atoms with E-state index in [1.165, 1.54) is 0 Å².